The molecule has 0 saturated heterocycles. The molecule has 0 aromatic heterocycles. The molecule has 21 heavy (non-hydrogen) atoms. The van der Waals surface area contributed by atoms with Crippen molar-refractivity contribution in [1.29, 1.82) is 0 Å². The summed E-state index contributed by atoms with van der Waals surface area (Å²) in [5.41, 5.74) is -0.520. The van der Waals surface area contributed by atoms with Gasteiger partial charge in [-0.3, -0.25) is 0 Å². The van der Waals surface area contributed by atoms with Crippen LogP contribution in [0.1, 0.15) is 26.7 Å². The number of para-hydroxylation sites is 1. The number of carbonyl (C=O) groups is 1. The second kappa shape index (κ2) is 6.80. The summed E-state index contributed by atoms with van der Waals surface area (Å²) in [6.45, 7) is 4.15. The van der Waals surface area contributed by atoms with Gasteiger partial charge in [-0.1, -0.05) is 18.2 Å². The van der Waals surface area contributed by atoms with Crippen LogP contribution in [0.25, 0.3) is 0 Å². The van der Waals surface area contributed by atoms with Gasteiger partial charge in [0.15, 0.2) is 0 Å². The van der Waals surface area contributed by atoms with E-state index in [4.69, 9.17) is 4.74 Å². The molecule has 2 amide bonds. The van der Waals surface area contributed by atoms with Gasteiger partial charge in [0.05, 0.1) is 18.7 Å². The zero-order valence-corrected chi connectivity index (χ0v) is 12.6. The topological polar surface area (TPSA) is 70.6 Å². The first-order valence-corrected chi connectivity index (χ1v) is 7.42. The van der Waals surface area contributed by atoms with Crippen molar-refractivity contribution in [3.63, 3.8) is 0 Å². The first-order chi connectivity index (χ1) is 10.0. The third kappa shape index (κ3) is 4.63. The van der Waals surface area contributed by atoms with Crippen molar-refractivity contribution < 1.29 is 14.6 Å². The Bertz CT molecular complexity index is 462. The van der Waals surface area contributed by atoms with Crippen LogP contribution in [0.3, 0.4) is 0 Å². The summed E-state index contributed by atoms with van der Waals surface area (Å²) in [6.07, 6.45) is 2.00. The van der Waals surface area contributed by atoms with Crippen molar-refractivity contribution in [2.45, 2.75) is 38.3 Å². The first-order valence-electron chi connectivity index (χ1n) is 7.42. The number of ether oxygens (including phenoxy) is 1. The smallest absolute Gasteiger partial charge is 0.315 e. The highest BCUT2D eigenvalue weighted by molar-refractivity contribution is 5.74. The van der Waals surface area contributed by atoms with Crippen LogP contribution >= 0.6 is 0 Å². The van der Waals surface area contributed by atoms with Crippen LogP contribution in [0.15, 0.2) is 30.3 Å². The molecule has 2 unspecified atom stereocenters. The summed E-state index contributed by atoms with van der Waals surface area (Å²) < 4.78 is 5.69. The van der Waals surface area contributed by atoms with Crippen LogP contribution in [0, 0.1) is 5.92 Å². The highest BCUT2D eigenvalue weighted by atomic mass is 16.5. The largest absolute Gasteiger partial charge is 0.489 e. The molecule has 0 bridgehead atoms. The molecule has 2 atom stereocenters. The molecular weight excluding hydrogens is 268 g/mol. The molecule has 1 aromatic carbocycles. The highest BCUT2D eigenvalue weighted by Gasteiger charge is 2.42. The van der Waals surface area contributed by atoms with Gasteiger partial charge >= 0.3 is 6.03 Å². The van der Waals surface area contributed by atoms with Crippen molar-refractivity contribution in [2.75, 3.05) is 13.2 Å². The van der Waals surface area contributed by atoms with E-state index in [0.29, 0.717) is 12.5 Å². The number of aliphatic hydroxyl groups excluding tert-OH is 1. The lowest BCUT2D eigenvalue weighted by molar-refractivity contribution is 0.152. The van der Waals surface area contributed by atoms with E-state index in [-0.39, 0.29) is 18.7 Å². The molecule has 1 saturated carbocycles. The zero-order valence-electron chi connectivity index (χ0n) is 12.6. The molecule has 0 aliphatic heterocycles. The van der Waals surface area contributed by atoms with E-state index in [1.807, 2.05) is 44.2 Å². The molecule has 1 aromatic rings. The predicted octanol–water partition coefficient (Wildman–Crippen LogP) is 1.91. The molecule has 1 aliphatic rings. The molecule has 3 N–H and O–H groups in total. The first kappa shape index (κ1) is 15.6. The third-order valence-corrected chi connectivity index (χ3v) is 3.84. The third-order valence-electron chi connectivity index (χ3n) is 3.84. The fourth-order valence-electron chi connectivity index (χ4n) is 2.30. The maximum Gasteiger partial charge on any atom is 0.315 e. The van der Waals surface area contributed by atoms with E-state index in [1.165, 1.54) is 0 Å². The van der Waals surface area contributed by atoms with E-state index in [2.05, 4.69) is 10.6 Å². The van der Waals surface area contributed by atoms with Crippen LogP contribution in [-0.4, -0.2) is 35.9 Å². The summed E-state index contributed by atoms with van der Waals surface area (Å²) in [4.78, 5) is 11.9. The average molecular weight is 292 g/mol. The van der Waals surface area contributed by atoms with Crippen LogP contribution in [0.5, 0.6) is 5.75 Å². The van der Waals surface area contributed by atoms with Crippen molar-refractivity contribution in [1.82, 2.24) is 10.6 Å². The van der Waals surface area contributed by atoms with E-state index in [9.17, 15) is 9.90 Å². The molecule has 1 fully saturated rings. The normalized spacial score (nSPS) is 18.4. The fourth-order valence-corrected chi connectivity index (χ4v) is 2.30. The Kier molecular flexibility index (Phi) is 5.07. The quantitative estimate of drug-likeness (QED) is 0.719. The highest BCUT2D eigenvalue weighted by Crippen LogP contribution is 2.39. The van der Waals surface area contributed by atoms with Gasteiger partial charge in [-0.15, -0.1) is 0 Å². The second-order valence-electron chi connectivity index (χ2n) is 5.93. The number of amides is 2. The number of hydrogen-bond acceptors (Lipinski definition) is 3. The maximum absolute atomic E-state index is 11.9. The molecule has 5 heteroatoms. The maximum atomic E-state index is 11.9. The number of benzene rings is 1. The molecule has 0 heterocycles. The minimum Gasteiger partial charge on any atom is -0.489 e. The molecule has 116 valence electrons. The van der Waals surface area contributed by atoms with Gasteiger partial charge < -0.3 is 20.5 Å². The molecular formula is C16H24N2O3. The Morgan fingerprint density at radius 1 is 1.43 bits per heavy atom. The SMILES string of the molecule is CC(CNC(=O)NC(C)(CO)C1CC1)Oc1ccccc1. The monoisotopic (exact) mass is 292 g/mol. The number of carbonyl (C=O) groups excluding carboxylic acids is 1. The molecule has 0 radical (unpaired) electrons. The van der Waals surface area contributed by atoms with Gasteiger partial charge in [0.2, 0.25) is 0 Å². The summed E-state index contributed by atoms with van der Waals surface area (Å²) >= 11 is 0. The summed E-state index contributed by atoms with van der Waals surface area (Å²) in [5, 5.41) is 15.1. The number of aliphatic hydroxyl groups is 1. The van der Waals surface area contributed by atoms with E-state index in [1.54, 1.807) is 0 Å². The Morgan fingerprint density at radius 2 is 2.10 bits per heavy atom. The molecule has 0 spiro atoms. The summed E-state index contributed by atoms with van der Waals surface area (Å²) in [6, 6.07) is 9.24. The van der Waals surface area contributed by atoms with Crippen LogP contribution in [0.2, 0.25) is 0 Å². The molecule has 5 nitrogen and oxygen atoms in total. The Morgan fingerprint density at radius 3 is 2.67 bits per heavy atom. The molecule has 2 rings (SSSR count). The van der Waals surface area contributed by atoms with Gasteiger partial charge in [0.1, 0.15) is 11.9 Å². The number of rotatable bonds is 7. The Balaban J connectivity index is 1.73. The minimum absolute atomic E-state index is 0.0405. The number of hydrogen-bond donors (Lipinski definition) is 3. The summed E-state index contributed by atoms with van der Waals surface area (Å²) in [7, 11) is 0. The van der Waals surface area contributed by atoms with Gasteiger partial charge in [0, 0.05) is 0 Å². The van der Waals surface area contributed by atoms with E-state index >= 15 is 0 Å². The second-order valence-corrected chi connectivity index (χ2v) is 5.93. The zero-order chi connectivity index (χ0) is 15.3. The molecule has 1 aliphatic carbocycles. The van der Waals surface area contributed by atoms with Crippen molar-refractivity contribution in [2.24, 2.45) is 5.92 Å². The number of nitrogens with one attached hydrogen (secondary N) is 2. The Labute approximate surface area is 125 Å². The summed E-state index contributed by atoms with van der Waals surface area (Å²) in [5.74, 6) is 1.16. The van der Waals surface area contributed by atoms with Gasteiger partial charge in [-0.05, 0) is 44.7 Å². The lowest BCUT2D eigenvalue weighted by atomic mass is 9.97. The average Bonchev–Trinajstić information content (AvgIpc) is 3.31. The number of urea groups is 1. The van der Waals surface area contributed by atoms with Crippen LogP contribution in [-0.2, 0) is 0 Å². The standard InChI is InChI=1S/C16H24N2O3/c1-12(21-14-6-4-3-5-7-14)10-17-15(20)18-16(2,11-19)13-8-9-13/h3-7,12-13,19H,8-11H2,1-2H3,(H2,17,18,20). The van der Waals surface area contributed by atoms with Gasteiger partial charge in [-0.2, -0.15) is 0 Å². The fraction of sp³-hybridized carbons (Fsp3) is 0.562. The lowest BCUT2D eigenvalue weighted by Gasteiger charge is -2.29. The van der Waals surface area contributed by atoms with E-state index < -0.39 is 5.54 Å². The van der Waals surface area contributed by atoms with E-state index in [0.717, 1.165) is 18.6 Å². The van der Waals surface area contributed by atoms with Gasteiger partial charge in [0.25, 0.3) is 0 Å². The van der Waals surface area contributed by atoms with Crippen molar-refractivity contribution in [3.8, 4) is 5.75 Å². The van der Waals surface area contributed by atoms with Gasteiger partial charge in [-0.25, -0.2) is 4.79 Å². The Hall–Kier alpha value is -1.75. The predicted molar refractivity (Wildman–Crippen MR) is 81.3 cm³/mol. The van der Waals surface area contributed by atoms with Crippen LogP contribution in [0.4, 0.5) is 4.79 Å². The van der Waals surface area contributed by atoms with Crippen molar-refractivity contribution >= 4 is 6.03 Å². The van der Waals surface area contributed by atoms with Crippen molar-refractivity contribution in [3.05, 3.63) is 30.3 Å². The minimum atomic E-state index is -0.520. The van der Waals surface area contributed by atoms with Crippen LogP contribution < -0.4 is 15.4 Å². The lowest BCUT2D eigenvalue weighted by Crippen LogP contribution is -2.55.